The molecule has 0 fully saturated rings. The molecule has 0 aliphatic rings. The van der Waals surface area contributed by atoms with Gasteiger partial charge in [-0.1, -0.05) is 45.8 Å². The second-order valence-corrected chi connectivity index (χ2v) is 3.74. The van der Waals surface area contributed by atoms with Crippen molar-refractivity contribution >= 4 is 0 Å². The van der Waals surface area contributed by atoms with Crippen LogP contribution in [0, 0.1) is 5.92 Å². The minimum Gasteiger partial charge on any atom is -0.327 e. The first-order valence-electron chi connectivity index (χ1n) is 5.85. The molecule has 0 saturated heterocycles. The molecule has 0 atom stereocenters. The molecule has 14 heavy (non-hydrogen) atoms. The molecule has 0 saturated carbocycles. The molecule has 0 aromatic heterocycles. The van der Waals surface area contributed by atoms with Crippen LogP contribution in [0.3, 0.4) is 0 Å². The Morgan fingerprint density at radius 2 is 1.79 bits per heavy atom. The maximum absolute atomic E-state index is 5.40. The third-order valence-corrected chi connectivity index (χ3v) is 2.78. The number of hydrogen-bond acceptors (Lipinski definition) is 2. The van der Waals surface area contributed by atoms with Gasteiger partial charge in [0.05, 0.1) is 0 Å². The third-order valence-electron chi connectivity index (χ3n) is 2.78. The SMILES string of the molecule is CCC(CC)CN(CC)CC=CCN. The minimum atomic E-state index is 0.655. The molecule has 0 aromatic carbocycles. The van der Waals surface area contributed by atoms with E-state index < -0.39 is 0 Å². The maximum atomic E-state index is 5.40. The van der Waals surface area contributed by atoms with Crippen molar-refractivity contribution in [3.05, 3.63) is 12.2 Å². The third kappa shape index (κ3) is 6.17. The largest absolute Gasteiger partial charge is 0.327 e. The highest BCUT2D eigenvalue weighted by molar-refractivity contribution is 4.85. The summed E-state index contributed by atoms with van der Waals surface area (Å²) in [5, 5.41) is 0. The van der Waals surface area contributed by atoms with Crippen LogP contribution in [0.1, 0.15) is 33.6 Å². The highest BCUT2D eigenvalue weighted by Crippen LogP contribution is 2.09. The molecule has 84 valence electrons. The highest BCUT2D eigenvalue weighted by atomic mass is 15.1. The first-order valence-corrected chi connectivity index (χ1v) is 5.85. The van der Waals surface area contributed by atoms with E-state index in [-0.39, 0.29) is 0 Å². The zero-order valence-electron chi connectivity index (χ0n) is 10.00. The number of nitrogens with two attached hydrogens (primary N) is 1. The summed E-state index contributed by atoms with van der Waals surface area (Å²) in [7, 11) is 0. The molecule has 0 heterocycles. The summed E-state index contributed by atoms with van der Waals surface area (Å²) >= 11 is 0. The van der Waals surface area contributed by atoms with Crippen molar-refractivity contribution in [1.82, 2.24) is 4.90 Å². The van der Waals surface area contributed by atoms with Gasteiger partial charge in [-0.2, -0.15) is 0 Å². The fourth-order valence-electron chi connectivity index (χ4n) is 1.56. The van der Waals surface area contributed by atoms with Gasteiger partial charge < -0.3 is 5.73 Å². The summed E-state index contributed by atoms with van der Waals surface area (Å²) in [6.45, 7) is 10.8. The molecule has 0 rings (SSSR count). The molecule has 2 heteroatoms. The van der Waals surface area contributed by atoms with E-state index in [1.165, 1.54) is 19.4 Å². The van der Waals surface area contributed by atoms with Crippen molar-refractivity contribution in [2.75, 3.05) is 26.2 Å². The first-order chi connectivity index (χ1) is 6.78. The summed E-state index contributed by atoms with van der Waals surface area (Å²) in [6, 6.07) is 0. The Labute approximate surface area is 89.2 Å². The predicted octanol–water partition coefficient (Wildman–Crippen LogP) is 2.26. The van der Waals surface area contributed by atoms with Crippen LogP contribution in [0.5, 0.6) is 0 Å². The van der Waals surface area contributed by atoms with Crippen LogP contribution in [-0.4, -0.2) is 31.1 Å². The average molecular weight is 198 g/mol. The molecule has 0 aliphatic carbocycles. The van der Waals surface area contributed by atoms with E-state index in [4.69, 9.17) is 5.73 Å². The lowest BCUT2D eigenvalue weighted by atomic mass is 10.0. The minimum absolute atomic E-state index is 0.655. The van der Waals surface area contributed by atoms with Crippen LogP contribution in [0.15, 0.2) is 12.2 Å². The molecule has 0 unspecified atom stereocenters. The molecule has 2 nitrogen and oxygen atoms in total. The van der Waals surface area contributed by atoms with Crippen LogP contribution >= 0.6 is 0 Å². The fraction of sp³-hybridized carbons (Fsp3) is 0.833. The number of rotatable bonds is 8. The molecular formula is C12H26N2. The Morgan fingerprint density at radius 1 is 1.14 bits per heavy atom. The van der Waals surface area contributed by atoms with Gasteiger partial charge in [0.2, 0.25) is 0 Å². The molecule has 0 radical (unpaired) electrons. The van der Waals surface area contributed by atoms with Crippen LogP contribution in [-0.2, 0) is 0 Å². The predicted molar refractivity (Wildman–Crippen MR) is 64.4 cm³/mol. The fourth-order valence-corrected chi connectivity index (χ4v) is 1.56. The van der Waals surface area contributed by atoms with E-state index in [1.807, 2.05) is 6.08 Å². The zero-order chi connectivity index (χ0) is 10.8. The van der Waals surface area contributed by atoms with E-state index >= 15 is 0 Å². The maximum Gasteiger partial charge on any atom is 0.0163 e. The van der Waals surface area contributed by atoms with Gasteiger partial charge in [0, 0.05) is 19.6 Å². The van der Waals surface area contributed by atoms with Gasteiger partial charge in [-0.15, -0.1) is 0 Å². The normalized spacial score (nSPS) is 12.1. The lowest BCUT2D eigenvalue weighted by molar-refractivity contribution is 0.255. The smallest absolute Gasteiger partial charge is 0.0163 e. The molecule has 0 spiro atoms. The van der Waals surface area contributed by atoms with Gasteiger partial charge in [0.15, 0.2) is 0 Å². The molecule has 2 N–H and O–H groups in total. The molecule has 0 aromatic rings. The Bertz CT molecular complexity index is 139. The van der Waals surface area contributed by atoms with E-state index in [2.05, 4.69) is 31.7 Å². The van der Waals surface area contributed by atoms with Gasteiger partial charge in [-0.25, -0.2) is 0 Å². The van der Waals surface area contributed by atoms with Gasteiger partial charge >= 0.3 is 0 Å². The van der Waals surface area contributed by atoms with Crippen LogP contribution in [0.4, 0.5) is 0 Å². The Kier molecular flexibility index (Phi) is 9.00. The van der Waals surface area contributed by atoms with Gasteiger partial charge in [0.1, 0.15) is 0 Å². The quantitative estimate of drug-likeness (QED) is 0.606. The Hall–Kier alpha value is -0.340. The zero-order valence-corrected chi connectivity index (χ0v) is 10.00. The summed E-state index contributed by atoms with van der Waals surface area (Å²) in [5.41, 5.74) is 5.40. The van der Waals surface area contributed by atoms with Crippen molar-refractivity contribution < 1.29 is 0 Å². The van der Waals surface area contributed by atoms with Crippen LogP contribution < -0.4 is 5.73 Å². The van der Waals surface area contributed by atoms with Crippen LogP contribution in [0.2, 0.25) is 0 Å². The summed E-state index contributed by atoms with van der Waals surface area (Å²) in [4.78, 5) is 2.48. The second-order valence-electron chi connectivity index (χ2n) is 3.74. The van der Waals surface area contributed by atoms with Crippen LogP contribution in [0.25, 0.3) is 0 Å². The number of likely N-dealkylation sites (N-methyl/N-ethyl adjacent to an activating group) is 1. The lowest BCUT2D eigenvalue weighted by Crippen LogP contribution is -2.29. The van der Waals surface area contributed by atoms with E-state index in [9.17, 15) is 0 Å². The van der Waals surface area contributed by atoms with Gasteiger partial charge in [-0.05, 0) is 12.5 Å². The molecule has 0 bridgehead atoms. The molecular weight excluding hydrogens is 172 g/mol. The Balaban J connectivity index is 3.82. The average Bonchev–Trinajstić information content (AvgIpc) is 2.23. The standard InChI is InChI=1S/C12H26N2/c1-4-12(5-2)11-14(6-3)10-8-7-9-13/h7-8,12H,4-6,9-11,13H2,1-3H3. The first kappa shape index (κ1) is 13.7. The van der Waals surface area contributed by atoms with Gasteiger partial charge in [-0.3, -0.25) is 4.90 Å². The van der Waals surface area contributed by atoms with Crippen molar-refractivity contribution in [1.29, 1.82) is 0 Å². The highest BCUT2D eigenvalue weighted by Gasteiger charge is 2.07. The van der Waals surface area contributed by atoms with Crippen molar-refractivity contribution in [3.8, 4) is 0 Å². The van der Waals surface area contributed by atoms with Crippen molar-refractivity contribution in [3.63, 3.8) is 0 Å². The van der Waals surface area contributed by atoms with E-state index in [1.54, 1.807) is 0 Å². The van der Waals surface area contributed by atoms with Gasteiger partial charge in [0.25, 0.3) is 0 Å². The Morgan fingerprint density at radius 3 is 2.21 bits per heavy atom. The van der Waals surface area contributed by atoms with E-state index in [0.29, 0.717) is 6.54 Å². The monoisotopic (exact) mass is 198 g/mol. The number of nitrogens with zero attached hydrogens (tertiary/aromatic N) is 1. The summed E-state index contributed by atoms with van der Waals surface area (Å²) < 4.78 is 0. The molecule has 0 amide bonds. The summed E-state index contributed by atoms with van der Waals surface area (Å²) in [5.74, 6) is 0.848. The topological polar surface area (TPSA) is 29.3 Å². The lowest BCUT2D eigenvalue weighted by Gasteiger charge is -2.23. The van der Waals surface area contributed by atoms with E-state index in [0.717, 1.165) is 19.0 Å². The van der Waals surface area contributed by atoms with Crippen molar-refractivity contribution in [2.24, 2.45) is 11.7 Å². The van der Waals surface area contributed by atoms with Crippen molar-refractivity contribution in [2.45, 2.75) is 33.6 Å². The number of hydrogen-bond donors (Lipinski definition) is 1. The second kappa shape index (κ2) is 9.22. The molecule has 0 aliphatic heterocycles. The summed E-state index contributed by atoms with van der Waals surface area (Å²) in [6.07, 6.45) is 6.78.